The van der Waals surface area contributed by atoms with Crippen molar-refractivity contribution in [3.8, 4) is 0 Å². The van der Waals surface area contributed by atoms with Gasteiger partial charge in [-0.2, -0.15) is 0 Å². The molecule has 1 aliphatic rings. The molecule has 7 unspecified atom stereocenters. The predicted molar refractivity (Wildman–Crippen MR) is 304 cm³/mol. The lowest BCUT2D eigenvalue weighted by Crippen LogP contribution is -2.60. The number of carbonyl (C=O) groups excluding carboxylic acids is 1. The van der Waals surface area contributed by atoms with Gasteiger partial charge < -0.3 is 40.3 Å². The smallest absolute Gasteiger partial charge is 0.220 e. The van der Waals surface area contributed by atoms with Gasteiger partial charge in [0.2, 0.25) is 5.91 Å². The first-order valence-corrected chi connectivity index (χ1v) is 29.5. The molecule has 0 radical (unpaired) electrons. The fraction of sp³-hybridized carbons (Fsp3) is 0.730. The fourth-order valence-electron chi connectivity index (χ4n) is 8.76. The highest BCUT2D eigenvalue weighted by molar-refractivity contribution is 5.76. The number of aliphatic hydroxyl groups is 5. The molecule has 0 aromatic rings. The highest BCUT2D eigenvalue weighted by Gasteiger charge is 2.44. The number of hydrogen-bond donors (Lipinski definition) is 6. The van der Waals surface area contributed by atoms with E-state index in [0.717, 1.165) is 77.0 Å². The van der Waals surface area contributed by atoms with Gasteiger partial charge in [0.15, 0.2) is 6.29 Å². The van der Waals surface area contributed by atoms with Crippen molar-refractivity contribution >= 4 is 5.91 Å². The van der Waals surface area contributed by atoms with Crippen LogP contribution in [-0.2, 0) is 14.3 Å². The van der Waals surface area contributed by atoms with Crippen molar-refractivity contribution in [2.24, 2.45) is 0 Å². The second kappa shape index (κ2) is 51.6. The summed E-state index contributed by atoms with van der Waals surface area (Å²) < 4.78 is 11.2. The summed E-state index contributed by atoms with van der Waals surface area (Å²) in [5.41, 5.74) is 0. The Labute approximate surface area is 441 Å². The summed E-state index contributed by atoms with van der Waals surface area (Å²) >= 11 is 0. The molecule has 9 nitrogen and oxygen atoms in total. The first-order chi connectivity index (χ1) is 35.3. The second-order valence-corrected chi connectivity index (χ2v) is 20.0. The highest BCUT2D eigenvalue weighted by Crippen LogP contribution is 2.23. The Bertz CT molecular complexity index is 1450. The molecule has 7 atom stereocenters. The van der Waals surface area contributed by atoms with E-state index in [2.05, 4.69) is 104 Å². The number of aliphatic hydroxyl groups excluding tert-OH is 5. The molecule has 72 heavy (non-hydrogen) atoms. The number of carbonyl (C=O) groups is 1. The zero-order valence-corrected chi connectivity index (χ0v) is 45.9. The first-order valence-electron chi connectivity index (χ1n) is 29.5. The summed E-state index contributed by atoms with van der Waals surface area (Å²) in [5, 5.41) is 54.2. The lowest BCUT2D eigenvalue weighted by atomic mass is 9.99. The van der Waals surface area contributed by atoms with Crippen LogP contribution in [0.1, 0.15) is 239 Å². The van der Waals surface area contributed by atoms with Crippen LogP contribution < -0.4 is 5.32 Å². The summed E-state index contributed by atoms with van der Waals surface area (Å²) in [7, 11) is 0. The van der Waals surface area contributed by atoms with Gasteiger partial charge in [0.1, 0.15) is 24.4 Å². The zero-order valence-electron chi connectivity index (χ0n) is 45.9. The summed E-state index contributed by atoms with van der Waals surface area (Å²) in [6, 6.07) is -0.822. The number of hydrogen-bond acceptors (Lipinski definition) is 8. The van der Waals surface area contributed by atoms with E-state index >= 15 is 0 Å². The molecule has 6 N–H and O–H groups in total. The molecule has 1 heterocycles. The molecule has 414 valence electrons. The molecular weight excluding hydrogens is 899 g/mol. The molecule has 9 heteroatoms. The Morgan fingerprint density at radius 3 is 1.33 bits per heavy atom. The van der Waals surface area contributed by atoms with E-state index in [9.17, 15) is 30.3 Å². The van der Waals surface area contributed by atoms with Crippen molar-refractivity contribution in [2.75, 3.05) is 13.2 Å². The van der Waals surface area contributed by atoms with Gasteiger partial charge in [0.25, 0.3) is 0 Å². The summed E-state index contributed by atoms with van der Waals surface area (Å²) in [6.45, 7) is 3.60. The molecular formula is C63H109NO8. The van der Waals surface area contributed by atoms with Crippen LogP contribution in [0.2, 0.25) is 0 Å². The van der Waals surface area contributed by atoms with E-state index in [1.807, 2.05) is 6.08 Å². The summed E-state index contributed by atoms with van der Waals surface area (Å²) in [5.74, 6) is -0.189. The average Bonchev–Trinajstić information content (AvgIpc) is 3.38. The predicted octanol–water partition coefficient (Wildman–Crippen LogP) is 14.8. The third-order valence-electron chi connectivity index (χ3n) is 13.4. The monoisotopic (exact) mass is 1010 g/mol. The molecule has 1 rings (SSSR count). The van der Waals surface area contributed by atoms with Crippen LogP contribution in [0.3, 0.4) is 0 Å². The minimum atomic E-state index is -1.57. The van der Waals surface area contributed by atoms with Crippen molar-refractivity contribution in [3.63, 3.8) is 0 Å². The van der Waals surface area contributed by atoms with E-state index < -0.39 is 49.5 Å². The van der Waals surface area contributed by atoms with Gasteiger partial charge in [-0.15, -0.1) is 0 Å². The van der Waals surface area contributed by atoms with E-state index in [0.29, 0.717) is 6.42 Å². The largest absolute Gasteiger partial charge is 0.394 e. The maximum Gasteiger partial charge on any atom is 0.220 e. The minimum absolute atomic E-state index is 0.189. The first kappa shape index (κ1) is 67.1. The number of rotatable bonds is 49. The van der Waals surface area contributed by atoms with Gasteiger partial charge >= 0.3 is 0 Å². The topological polar surface area (TPSA) is 149 Å². The quantitative estimate of drug-likeness (QED) is 0.0261. The van der Waals surface area contributed by atoms with Crippen molar-refractivity contribution < 1.29 is 39.8 Å². The van der Waals surface area contributed by atoms with Crippen LogP contribution in [0, 0.1) is 0 Å². The van der Waals surface area contributed by atoms with Gasteiger partial charge in [-0.3, -0.25) is 4.79 Å². The molecule has 0 aromatic heterocycles. The second-order valence-electron chi connectivity index (χ2n) is 20.0. The number of allylic oxidation sites excluding steroid dienone is 15. The normalized spacial score (nSPS) is 19.9. The Morgan fingerprint density at radius 1 is 0.486 bits per heavy atom. The van der Waals surface area contributed by atoms with E-state index in [-0.39, 0.29) is 12.5 Å². The molecule has 1 fully saturated rings. The summed E-state index contributed by atoms with van der Waals surface area (Å²) in [4.78, 5) is 13.0. The van der Waals surface area contributed by atoms with Crippen LogP contribution in [-0.4, -0.2) is 87.5 Å². The number of unbranched alkanes of at least 4 members (excludes halogenated alkanes) is 25. The molecule has 1 amide bonds. The molecule has 0 spiro atoms. The molecule has 0 bridgehead atoms. The number of nitrogens with one attached hydrogen (secondary N) is 1. The third kappa shape index (κ3) is 40.5. The standard InChI is InChI=1S/C63H109NO8/c1-3-5-7-9-11-13-15-16-17-18-19-20-21-22-23-24-25-26-27-28-29-30-31-32-33-34-35-36-37-38-39-40-41-42-43-45-47-49-51-53-59(67)64-56(55-71-63-62(70)61(69)60(68)58(54-65)72-63)57(66)52-50-48-46-44-14-12-10-8-6-4-2/h5,7,11,13-14,16-17,19-20,22-23,25-26,44,50,52,56-58,60-63,65-66,68-70H,3-4,6,8-10,12,15,18,21,24,27-43,45-49,51,53-55H2,1-2H3,(H,64,67)/b7-5-,13-11-,17-16-,20-19-,23-22-,26-25-,44-14+,52-50+. The number of amides is 1. The molecule has 0 aliphatic carbocycles. The van der Waals surface area contributed by atoms with Crippen LogP contribution in [0.15, 0.2) is 97.2 Å². The van der Waals surface area contributed by atoms with Gasteiger partial charge in [-0.25, -0.2) is 0 Å². The van der Waals surface area contributed by atoms with Crippen molar-refractivity contribution in [2.45, 2.75) is 281 Å². The van der Waals surface area contributed by atoms with Crippen LogP contribution in [0.5, 0.6) is 0 Å². The van der Waals surface area contributed by atoms with E-state index in [1.54, 1.807) is 6.08 Å². The maximum atomic E-state index is 13.0. The molecule has 0 aromatic carbocycles. The fourth-order valence-corrected chi connectivity index (χ4v) is 8.76. The SMILES string of the molecule is CC/C=C\C/C=C\C/C=C\C/C=C\C/C=C\C/C=C\CCCCCCCCCCCCCCCCCCCCCCC(=O)NC(COC1OC(CO)C(O)C(O)C1O)C(O)/C=C/CC/C=C/CCCCCC. The van der Waals surface area contributed by atoms with Crippen LogP contribution >= 0.6 is 0 Å². The van der Waals surface area contributed by atoms with Gasteiger partial charge in [-0.1, -0.05) is 246 Å². The summed E-state index contributed by atoms with van der Waals surface area (Å²) in [6.07, 6.45) is 68.0. The van der Waals surface area contributed by atoms with Crippen LogP contribution in [0.25, 0.3) is 0 Å². The Hall–Kier alpha value is -2.89. The Kier molecular flexibility index (Phi) is 48.1. The lowest BCUT2D eigenvalue weighted by Gasteiger charge is -2.40. The van der Waals surface area contributed by atoms with E-state index in [1.165, 1.54) is 141 Å². The minimum Gasteiger partial charge on any atom is -0.394 e. The van der Waals surface area contributed by atoms with Crippen LogP contribution in [0.4, 0.5) is 0 Å². The molecule has 1 aliphatic heterocycles. The van der Waals surface area contributed by atoms with Crippen molar-refractivity contribution in [1.29, 1.82) is 0 Å². The third-order valence-corrected chi connectivity index (χ3v) is 13.4. The molecule has 1 saturated heterocycles. The average molecular weight is 1010 g/mol. The lowest BCUT2D eigenvalue weighted by molar-refractivity contribution is -0.302. The van der Waals surface area contributed by atoms with Gasteiger partial charge in [0.05, 0.1) is 25.4 Å². The van der Waals surface area contributed by atoms with Gasteiger partial charge in [-0.05, 0) is 83.5 Å². The van der Waals surface area contributed by atoms with Crippen molar-refractivity contribution in [3.05, 3.63) is 97.2 Å². The Morgan fingerprint density at radius 2 is 0.875 bits per heavy atom. The number of ether oxygens (including phenoxy) is 2. The van der Waals surface area contributed by atoms with Gasteiger partial charge in [0, 0.05) is 6.42 Å². The maximum absolute atomic E-state index is 13.0. The molecule has 0 saturated carbocycles. The Balaban J connectivity index is 2.05. The highest BCUT2D eigenvalue weighted by atomic mass is 16.7. The van der Waals surface area contributed by atoms with Crippen molar-refractivity contribution in [1.82, 2.24) is 5.32 Å². The van der Waals surface area contributed by atoms with E-state index in [4.69, 9.17) is 9.47 Å². The zero-order chi connectivity index (χ0) is 52.2.